The molecule has 0 aliphatic rings. The zero-order valence-corrected chi connectivity index (χ0v) is 12.9. The first-order valence-corrected chi connectivity index (χ1v) is 6.97. The Morgan fingerprint density at radius 1 is 1.21 bits per heavy atom. The average Bonchev–Trinajstić information content (AvgIpc) is 2.41. The topological polar surface area (TPSA) is 32.6 Å². The van der Waals surface area contributed by atoms with Crippen LogP contribution in [0.5, 0.6) is 5.75 Å². The van der Waals surface area contributed by atoms with Gasteiger partial charge in [0.15, 0.2) is 0 Å². The average molecular weight is 379 g/mol. The van der Waals surface area contributed by atoms with E-state index in [0.29, 0.717) is 10.0 Å². The molecule has 0 bridgehead atoms. The van der Waals surface area contributed by atoms with Gasteiger partial charge in [-0.15, -0.1) is 6.42 Å². The molecular weight excluding hydrogens is 370 g/mol. The molecule has 0 saturated carbocycles. The second-order valence-electron chi connectivity index (χ2n) is 3.78. The summed E-state index contributed by atoms with van der Waals surface area (Å²) in [7, 11) is 0. The highest BCUT2D eigenvalue weighted by Gasteiger charge is 2.05. The van der Waals surface area contributed by atoms with E-state index in [2.05, 4.69) is 42.8 Å². The molecule has 0 amide bonds. The Morgan fingerprint density at radius 2 is 2.00 bits per heavy atom. The van der Waals surface area contributed by atoms with E-state index in [0.717, 1.165) is 15.7 Å². The fourth-order valence-electron chi connectivity index (χ4n) is 1.50. The Morgan fingerprint density at radius 3 is 2.74 bits per heavy atom. The number of hydrogen-bond donors (Lipinski definition) is 1. The largest absolute Gasteiger partial charge is 0.506 e. The lowest BCUT2D eigenvalue weighted by molar-refractivity contribution is 0.471. The van der Waals surface area contributed by atoms with Gasteiger partial charge in [0.2, 0.25) is 0 Å². The summed E-state index contributed by atoms with van der Waals surface area (Å²) in [6.45, 7) is 0. The molecule has 1 N–H and O–H groups in total. The van der Waals surface area contributed by atoms with Crippen LogP contribution in [0.25, 0.3) is 0 Å². The highest BCUT2D eigenvalue weighted by molar-refractivity contribution is 9.11. The van der Waals surface area contributed by atoms with Gasteiger partial charge in [0, 0.05) is 21.8 Å². The zero-order chi connectivity index (χ0) is 13.8. The molecule has 0 saturated heterocycles. The molecule has 0 heterocycles. The number of benzene rings is 2. The second kappa shape index (κ2) is 6.05. The van der Waals surface area contributed by atoms with Crippen molar-refractivity contribution in [2.75, 3.05) is 0 Å². The fraction of sp³-hybridized carbons (Fsp3) is 0. The van der Waals surface area contributed by atoms with Gasteiger partial charge >= 0.3 is 0 Å². The standard InChI is InChI=1S/C15H9Br2NO/c1-2-10-4-3-5-13(6-10)18-9-11-7-12(16)8-14(17)15(11)19/h1,3-9,19H. The monoisotopic (exact) mass is 377 g/mol. The predicted octanol–water partition coefficient (Wildman–Crippen LogP) is 4.65. The number of phenols is 1. The van der Waals surface area contributed by atoms with Crippen LogP contribution in [0.15, 0.2) is 50.3 Å². The van der Waals surface area contributed by atoms with Gasteiger partial charge in [-0.1, -0.05) is 27.9 Å². The summed E-state index contributed by atoms with van der Waals surface area (Å²) in [5, 5.41) is 9.91. The number of aliphatic imine (C=N–C) groups is 1. The lowest BCUT2D eigenvalue weighted by Crippen LogP contribution is -1.84. The Kier molecular flexibility index (Phi) is 4.41. The van der Waals surface area contributed by atoms with Crippen molar-refractivity contribution in [2.24, 2.45) is 4.99 Å². The van der Waals surface area contributed by atoms with Crippen molar-refractivity contribution in [3.8, 4) is 18.1 Å². The van der Waals surface area contributed by atoms with Crippen LogP contribution in [0, 0.1) is 12.3 Å². The van der Waals surface area contributed by atoms with E-state index in [-0.39, 0.29) is 5.75 Å². The van der Waals surface area contributed by atoms with Crippen LogP contribution in [0.3, 0.4) is 0 Å². The first kappa shape index (κ1) is 13.9. The van der Waals surface area contributed by atoms with Crippen molar-refractivity contribution in [3.05, 3.63) is 56.5 Å². The van der Waals surface area contributed by atoms with Gasteiger partial charge in [-0.05, 0) is 46.3 Å². The Balaban J connectivity index is 2.35. The van der Waals surface area contributed by atoms with Gasteiger partial charge in [-0.2, -0.15) is 0 Å². The van der Waals surface area contributed by atoms with Crippen molar-refractivity contribution in [1.82, 2.24) is 0 Å². The van der Waals surface area contributed by atoms with Crippen LogP contribution < -0.4 is 0 Å². The molecule has 4 heteroatoms. The van der Waals surface area contributed by atoms with E-state index in [1.165, 1.54) is 0 Å². The van der Waals surface area contributed by atoms with E-state index in [9.17, 15) is 5.11 Å². The van der Waals surface area contributed by atoms with Crippen molar-refractivity contribution in [2.45, 2.75) is 0 Å². The van der Waals surface area contributed by atoms with Crippen LogP contribution in [-0.2, 0) is 0 Å². The molecule has 2 rings (SSSR count). The van der Waals surface area contributed by atoms with Crippen molar-refractivity contribution >= 4 is 43.8 Å². The van der Waals surface area contributed by atoms with E-state index >= 15 is 0 Å². The van der Waals surface area contributed by atoms with Crippen LogP contribution in [0.1, 0.15) is 11.1 Å². The summed E-state index contributed by atoms with van der Waals surface area (Å²) in [6, 6.07) is 10.9. The molecule has 0 aliphatic carbocycles. The minimum atomic E-state index is 0.153. The third kappa shape index (κ3) is 3.46. The number of halogens is 2. The van der Waals surface area contributed by atoms with Gasteiger partial charge in [-0.25, -0.2) is 0 Å². The molecule has 94 valence electrons. The van der Waals surface area contributed by atoms with Gasteiger partial charge in [0.05, 0.1) is 10.2 Å². The molecule has 0 fully saturated rings. The lowest BCUT2D eigenvalue weighted by Gasteiger charge is -2.02. The maximum atomic E-state index is 9.91. The first-order chi connectivity index (χ1) is 9.10. The van der Waals surface area contributed by atoms with Gasteiger partial charge < -0.3 is 5.11 Å². The SMILES string of the molecule is C#Cc1cccc(N=Cc2cc(Br)cc(Br)c2O)c1. The number of aromatic hydroxyl groups is 1. The number of rotatable bonds is 2. The number of nitrogens with zero attached hydrogens (tertiary/aromatic N) is 1. The quantitative estimate of drug-likeness (QED) is 0.598. The second-order valence-corrected chi connectivity index (χ2v) is 5.55. The first-order valence-electron chi connectivity index (χ1n) is 5.39. The summed E-state index contributed by atoms with van der Waals surface area (Å²) in [5.74, 6) is 2.71. The van der Waals surface area contributed by atoms with Crippen molar-refractivity contribution in [3.63, 3.8) is 0 Å². The van der Waals surface area contributed by atoms with E-state index in [4.69, 9.17) is 6.42 Å². The summed E-state index contributed by atoms with van der Waals surface area (Å²) < 4.78 is 1.47. The third-order valence-electron chi connectivity index (χ3n) is 2.42. The minimum Gasteiger partial charge on any atom is -0.506 e. The molecule has 0 radical (unpaired) electrons. The molecule has 2 nitrogen and oxygen atoms in total. The maximum absolute atomic E-state index is 9.91. The van der Waals surface area contributed by atoms with Gasteiger partial charge in [0.25, 0.3) is 0 Å². The highest BCUT2D eigenvalue weighted by atomic mass is 79.9. The molecule has 0 spiro atoms. The molecule has 2 aromatic rings. The van der Waals surface area contributed by atoms with Crippen LogP contribution in [0.4, 0.5) is 5.69 Å². The Hall–Kier alpha value is -1.57. The van der Waals surface area contributed by atoms with Gasteiger partial charge in [-0.3, -0.25) is 4.99 Å². The summed E-state index contributed by atoms with van der Waals surface area (Å²) in [6.07, 6.45) is 6.93. The lowest BCUT2D eigenvalue weighted by atomic mass is 10.2. The molecule has 0 unspecified atom stereocenters. The molecule has 19 heavy (non-hydrogen) atoms. The van der Waals surface area contributed by atoms with Crippen molar-refractivity contribution in [1.29, 1.82) is 0 Å². The third-order valence-corrected chi connectivity index (χ3v) is 3.49. The minimum absolute atomic E-state index is 0.153. The van der Waals surface area contributed by atoms with E-state index in [1.807, 2.05) is 18.2 Å². The summed E-state index contributed by atoms with van der Waals surface area (Å²) in [5.41, 5.74) is 2.13. The van der Waals surface area contributed by atoms with Gasteiger partial charge in [0.1, 0.15) is 5.75 Å². The smallest absolute Gasteiger partial charge is 0.138 e. The molecular formula is C15H9Br2NO. The van der Waals surface area contributed by atoms with Crippen LogP contribution in [0.2, 0.25) is 0 Å². The summed E-state index contributed by atoms with van der Waals surface area (Å²) in [4.78, 5) is 4.31. The van der Waals surface area contributed by atoms with E-state index < -0.39 is 0 Å². The Labute approximate surface area is 128 Å². The van der Waals surface area contributed by atoms with Crippen LogP contribution >= 0.6 is 31.9 Å². The maximum Gasteiger partial charge on any atom is 0.138 e. The fourth-order valence-corrected chi connectivity index (χ4v) is 2.76. The molecule has 2 aromatic carbocycles. The van der Waals surface area contributed by atoms with Crippen LogP contribution in [-0.4, -0.2) is 11.3 Å². The number of terminal acetylenes is 1. The Bertz CT molecular complexity index is 687. The molecule has 0 aliphatic heterocycles. The van der Waals surface area contributed by atoms with E-state index in [1.54, 1.807) is 24.4 Å². The normalized spacial score (nSPS) is 10.6. The molecule has 0 atom stereocenters. The number of phenolic OH excluding ortho intramolecular Hbond substituents is 1. The summed E-state index contributed by atoms with van der Waals surface area (Å²) >= 11 is 6.64. The predicted molar refractivity (Wildman–Crippen MR) is 85.1 cm³/mol. The zero-order valence-electron chi connectivity index (χ0n) is 9.77. The molecule has 0 aromatic heterocycles. The highest BCUT2D eigenvalue weighted by Crippen LogP contribution is 2.31. The van der Waals surface area contributed by atoms with Crippen molar-refractivity contribution < 1.29 is 5.11 Å². The number of hydrogen-bond acceptors (Lipinski definition) is 2.